The molecule has 3 fully saturated rings. The average Bonchev–Trinajstić information content (AvgIpc) is 3.45. The highest BCUT2D eigenvalue weighted by Gasteiger charge is 2.53. The lowest BCUT2D eigenvalue weighted by Crippen LogP contribution is -2.61. The summed E-state index contributed by atoms with van der Waals surface area (Å²) in [7, 11) is 2.90. The van der Waals surface area contributed by atoms with Gasteiger partial charge in [0, 0.05) is 51.4 Å². The van der Waals surface area contributed by atoms with E-state index in [2.05, 4.69) is 0 Å². The first-order chi connectivity index (χ1) is 38.1. The summed E-state index contributed by atoms with van der Waals surface area (Å²) in [6.07, 6.45) is 8.68. The molecule has 456 valence electrons. The van der Waals surface area contributed by atoms with Gasteiger partial charge in [-0.25, -0.2) is 4.79 Å². The van der Waals surface area contributed by atoms with Gasteiger partial charge in [0.15, 0.2) is 5.78 Å². The van der Waals surface area contributed by atoms with Gasteiger partial charge in [-0.1, -0.05) is 71.1 Å². The molecule has 2 bridgehead atoms. The molecule has 15 atom stereocenters. The number of rotatable bonds is 19. The van der Waals surface area contributed by atoms with Gasteiger partial charge in [-0.15, -0.1) is 0 Å². The van der Waals surface area contributed by atoms with E-state index in [0.717, 1.165) is 4.90 Å². The quantitative estimate of drug-likeness (QED) is 0.0455. The van der Waals surface area contributed by atoms with E-state index in [1.807, 2.05) is 39.0 Å². The highest BCUT2D eigenvalue weighted by Crippen LogP contribution is 2.39. The van der Waals surface area contributed by atoms with Crippen molar-refractivity contribution in [1.82, 2.24) is 4.90 Å². The number of nitrogens with zero attached hydrogens (tertiary/aromatic N) is 1. The maximum absolute atomic E-state index is 14.7. The van der Waals surface area contributed by atoms with Crippen LogP contribution in [0.15, 0.2) is 47.6 Å². The number of allylic oxidation sites excluding steroid dienone is 6. The van der Waals surface area contributed by atoms with Crippen LogP contribution in [0.25, 0.3) is 0 Å². The number of carbonyl (C=O) groups excluding carboxylic acids is 5. The summed E-state index contributed by atoms with van der Waals surface area (Å²) < 4.78 is 48.3. The molecule has 1 saturated carbocycles. The van der Waals surface area contributed by atoms with Gasteiger partial charge in [0.1, 0.15) is 35.7 Å². The second-order valence-electron chi connectivity index (χ2n) is 23.0. The minimum Gasteiger partial charge on any atom is -0.460 e. The molecule has 0 radical (unpaired) electrons. The molecule has 20 heteroatoms. The van der Waals surface area contributed by atoms with Crippen molar-refractivity contribution in [3.8, 4) is 0 Å². The number of amides is 1. The Kier molecular flexibility index (Phi) is 29.5. The third kappa shape index (κ3) is 20.0. The van der Waals surface area contributed by atoms with Crippen LogP contribution in [0.2, 0.25) is 0 Å². The fraction of sp³-hybridized carbons (Fsp3) is 0.783. The standard InChI is InChI=1S/C60H97NO19/c1-38-15-11-10-12-16-39(2)51(80-59(35-75-26-23-62,36-76-27-24-63)37-77-28-25-64)33-46-20-18-44(7)60(72,79-46)56(69)57(70)61-22-14-13-17-47(61)58(71)78-50(41(4)31-45-19-21-48(65)52(32-45)73-8)34-49(66)40(3)30-43(6)54(68)55(74-9)53(67)42(5)29-38/h10-12,15-16,30,38,40-42,44-48,50-52,54-55,62-65,68,72H,13-14,17-29,31-37H2,1-9H3/b12-10+,15-11+,39-16+,43-30+/t38-,40-,41-,42-,44-,45+,46+,47+,48-,50+,51?,52-,54-,55+,60-/m1/s1. The molecule has 4 rings (SSSR count). The Morgan fingerprint density at radius 3 is 2.05 bits per heavy atom. The summed E-state index contributed by atoms with van der Waals surface area (Å²) in [6, 6.07) is -1.23. The maximum atomic E-state index is 14.7. The zero-order valence-corrected chi connectivity index (χ0v) is 49.0. The number of hydrogen-bond acceptors (Lipinski definition) is 19. The van der Waals surface area contributed by atoms with Crippen molar-refractivity contribution < 1.29 is 92.5 Å². The molecule has 0 spiro atoms. The van der Waals surface area contributed by atoms with Gasteiger partial charge in [-0.05, 0) is 107 Å². The zero-order valence-electron chi connectivity index (χ0n) is 49.0. The van der Waals surface area contributed by atoms with Crippen LogP contribution < -0.4 is 0 Å². The van der Waals surface area contributed by atoms with E-state index in [9.17, 15) is 54.6 Å². The second-order valence-corrected chi connectivity index (χ2v) is 23.0. The Morgan fingerprint density at radius 1 is 0.787 bits per heavy atom. The molecule has 80 heavy (non-hydrogen) atoms. The van der Waals surface area contributed by atoms with E-state index in [4.69, 9.17) is 37.9 Å². The smallest absolute Gasteiger partial charge is 0.329 e. The highest BCUT2D eigenvalue weighted by molar-refractivity contribution is 6.39. The van der Waals surface area contributed by atoms with Crippen LogP contribution in [0.1, 0.15) is 126 Å². The molecule has 1 aliphatic carbocycles. The molecule has 0 aromatic heterocycles. The lowest BCUT2D eigenvalue weighted by Gasteiger charge is -2.43. The van der Waals surface area contributed by atoms with Crippen LogP contribution in [0.3, 0.4) is 0 Å². The summed E-state index contributed by atoms with van der Waals surface area (Å²) in [6.45, 7) is 10.8. The largest absolute Gasteiger partial charge is 0.460 e. The van der Waals surface area contributed by atoms with E-state index < -0.39 is 95.4 Å². The van der Waals surface area contributed by atoms with Crippen molar-refractivity contribution in [3.63, 3.8) is 0 Å². The fourth-order valence-electron chi connectivity index (χ4n) is 11.5. The molecule has 1 amide bonds. The van der Waals surface area contributed by atoms with Gasteiger partial charge in [0.2, 0.25) is 5.79 Å². The lowest BCUT2D eigenvalue weighted by atomic mass is 9.78. The molecular formula is C60H97NO19. The summed E-state index contributed by atoms with van der Waals surface area (Å²) >= 11 is 0. The Hall–Kier alpha value is -3.61. The van der Waals surface area contributed by atoms with Crippen molar-refractivity contribution in [3.05, 3.63) is 47.6 Å². The lowest BCUT2D eigenvalue weighted by molar-refractivity contribution is -0.269. The normalized spacial score (nSPS) is 35.3. The molecule has 3 heterocycles. The summed E-state index contributed by atoms with van der Waals surface area (Å²) in [5.74, 6) is -9.00. The van der Waals surface area contributed by atoms with Gasteiger partial charge in [-0.3, -0.25) is 19.2 Å². The maximum Gasteiger partial charge on any atom is 0.329 e. The summed E-state index contributed by atoms with van der Waals surface area (Å²) in [4.78, 5) is 73.3. The molecule has 4 aliphatic rings. The first-order valence-electron chi connectivity index (χ1n) is 29.0. The predicted octanol–water partition coefficient (Wildman–Crippen LogP) is 4.32. The number of carbonyl (C=O) groups is 5. The van der Waals surface area contributed by atoms with Gasteiger partial charge in [0.25, 0.3) is 11.7 Å². The monoisotopic (exact) mass is 1140 g/mol. The van der Waals surface area contributed by atoms with Crippen LogP contribution in [0, 0.1) is 35.5 Å². The minimum absolute atomic E-state index is 0.00598. The van der Waals surface area contributed by atoms with E-state index in [0.29, 0.717) is 62.5 Å². The fourth-order valence-corrected chi connectivity index (χ4v) is 11.5. The number of ketones is 3. The number of piperidine rings is 1. The van der Waals surface area contributed by atoms with E-state index in [1.165, 1.54) is 7.11 Å². The number of aliphatic hydroxyl groups excluding tert-OH is 5. The van der Waals surface area contributed by atoms with Crippen molar-refractivity contribution in [2.24, 2.45) is 35.5 Å². The Balaban J connectivity index is 1.81. The molecule has 0 aromatic rings. The van der Waals surface area contributed by atoms with Crippen LogP contribution in [0.5, 0.6) is 0 Å². The third-order valence-corrected chi connectivity index (χ3v) is 16.4. The van der Waals surface area contributed by atoms with E-state index in [-0.39, 0.29) is 121 Å². The summed E-state index contributed by atoms with van der Waals surface area (Å²) in [5.41, 5.74) is -0.396. The van der Waals surface area contributed by atoms with E-state index in [1.54, 1.807) is 53.0 Å². The number of ether oxygens (including phenoxy) is 8. The van der Waals surface area contributed by atoms with Crippen molar-refractivity contribution in [2.75, 3.05) is 80.2 Å². The van der Waals surface area contributed by atoms with Crippen molar-refractivity contribution in [1.29, 1.82) is 0 Å². The molecule has 2 saturated heterocycles. The molecule has 20 nitrogen and oxygen atoms in total. The number of esters is 1. The zero-order chi connectivity index (χ0) is 59.2. The number of Topliss-reactive ketones (excluding diaryl/α,β-unsaturated/α-hetero) is 3. The van der Waals surface area contributed by atoms with Crippen molar-refractivity contribution in [2.45, 2.75) is 186 Å². The van der Waals surface area contributed by atoms with Crippen LogP contribution in [-0.2, 0) is 61.9 Å². The molecule has 6 N–H and O–H groups in total. The SMILES string of the molecule is CO[C@@H]1C[C@H](C[C@@H](C)[C@@H]2CC(=O)[C@H](C)/C=C(\C)[C@@H](O)[C@@H](OC)C(=O)[C@H](C)C[C@H](C)/C=C/C=C/C=C(\C)C(OC(COCCO)(COCCO)COCCO)C[C@@H]3CC[C@@H](C)[C@@](O)(O3)C(=O)C(=O)N3CCCC[C@H]3C(=O)O2)CC[C@H]1O. The Labute approximate surface area is 474 Å². The number of fused-ring (bicyclic) bond motifs is 3. The molecule has 3 aliphatic heterocycles. The molecule has 0 aromatic carbocycles. The number of methoxy groups -OCH3 is 2. The van der Waals surface area contributed by atoms with Crippen LogP contribution in [0.4, 0.5) is 0 Å². The summed E-state index contributed by atoms with van der Waals surface area (Å²) in [5, 5.41) is 63.5. The number of hydrogen-bond donors (Lipinski definition) is 6. The first-order valence-corrected chi connectivity index (χ1v) is 29.0. The third-order valence-electron chi connectivity index (χ3n) is 16.4. The van der Waals surface area contributed by atoms with Gasteiger partial charge in [0.05, 0.1) is 83.9 Å². The molecular weight excluding hydrogens is 1040 g/mol. The Morgan fingerprint density at radius 2 is 1.44 bits per heavy atom. The number of aliphatic hydroxyl groups is 6. The highest BCUT2D eigenvalue weighted by atomic mass is 16.6. The first kappa shape index (κ1) is 68.9. The number of cyclic esters (lactones) is 1. The van der Waals surface area contributed by atoms with Gasteiger partial charge >= 0.3 is 5.97 Å². The Bertz CT molecular complexity index is 2050. The second kappa shape index (κ2) is 34.2. The van der Waals surface area contributed by atoms with Gasteiger partial charge < -0.3 is 73.4 Å². The topological polar surface area (TPSA) is 284 Å². The minimum atomic E-state index is -2.62. The van der Waals surface area contributed by atoms with Crippen molar-refractivity contribution >= 4 is 29.2 Å². The average molecular weight is 1140 g/mol. The van der Waals surface area contributed by atoms with E-state index >= 15 is 0 Å². The van der Waals surface area contributed by atoms with Crippen LogP contribution >= 0.6 is 0 Å². The van der Waals surface area contributed by atoms with Crippen LogP contribution in [-0.4, -0.2) is 205 Å². The van der Waals surface area contributed by atoms with Gasteiger partial charge in [-0.2, -0.15) is 0 Å². The molecule has 1 unspecified atom stereocenters. The predicted molar refractivity (Wildman–Crippen MR) is 296 cm³/mol.